The largest absolute Gasteiger partial charge is 0.367 e. The van der Waals surface area contributed by atoms with Crippen LogP contribution in [0.5, 0.6) is 0 Å². The molecule has 0 amide bonds. The highest BCUT2D eigenvalue weighted by atomic mass is 35.5. The topological polar surface area (TPSA) is 83.1 Å². The maximum atomic E-state index is 15.1. The van der Waals surface area contributed by atoms with Crippen LogP contribution in [0.25, 0.3) is 21.6 Å². The van der Waals surface area contributed by atoms with E-state index in [1.807, 2.05) is 25.1 Å². The molecule has 1 saturated carbocycles. The molecule has 0 radical (unpaired) electrons. The van der Waals surface area contributed by atoms with E-state index >= 15 is 4.39 Å². The maximum absolute atomic E-state index is 15.1. The van der Waals surface area contributed by atoms with Gasteiger partial charge in [-0.05, 0) is 44.9 Å². The number of benzene rings is 1. The lowest BCUT2D eigenvalue weighted by Gasteiger charge is -2.37. The monoisotopic (exact) mass is 527 g/mol. The highest BCUT2D eigenvalue weighted by Gasteiger charge is 2.35. The Kier molecular flexibility index (Phi) is 6.05. The minimum atomic E-state index is -0.423. The number of H-pyrrole nitrogens is 1. The van der Waals surface area contributed by atoms with E-state index in [-0.39, 0.29) is 12.2 Å². The number of aromatic amines is 1. The van der Waals surface area contributed by atoms with Crippen molar-refractivity contribution in [1.29, 1.82) is 0 Å². The van der Waals surface area contributed by atoms with E-state index in [0.29, 0.717) is 46.9 Å². The third-order valence-electron chi connectivity index (χ3n) is 6.77. The number of aromatic nitrogens is 5. The molecule has 188 valence electrons. The molecule has 6 rings (SSSR count). The Bertz CT molecular complexity index is 1420. The van der Waals surface area contributed by atoms with Crippen LogP contribution in [0, 0.1) is 5.82 Å². The third kappa shape index (κ3) is 4.31. The molecule has 1 aliphatic carbocycles. The highest BCUT2D eigenvalue weighted by Crippen LogP contribution is 2.43. The molecule has 0 bridgehead atoms. The van der Waals surface area contributed by atoms with Gasteiger partial charge in [-0.25, -0.2) is 9.37 Å². The van der Waals surface area contributed by atoms with Crippen molar-refractivity contribution < 1.29 is 9.13 Å². The average Bonchev–Trinajstić information content (AvgIpc) is 3.42. The van der Waals surface area contributed by atoms with Gasteiger partial charge < -0.3 is 14.5 Å². The minimum absolute atomic E-state index is 0.0436. The zero-order valence-electron chi connectivity index (χ0n) is 20.3. The molecule has 3 aromatic heterocycles. The van der Waals surface area contributed by atoms with E-state index in [2.05, 4.69) is 22.0 Å². The Morgan fingerprint density at radius 3 is 2.83 bits per heavy atom. The van der Waals surface area contributed by atoms with Crippen molar-refractivity contribution in [2.24, 2.45) is 0 Å². The molecule has 1 saturated heterocycles. The first-order chi connectivity index (χ1) is 17.4. The minimum Gasteiger partial charge on any atom is -0.367 e. The van der Waals surface area contributed by atoms with Crippen molar-refractivity contribution in [1.82, 2.24) is 25.1 Å². The van der Waals surface area contributed by atoms with Gasteiger partial charge in [-0.1, -0.05) is 22.9 Å². The van der Waals surface area contributed by atoms with Gasteiger partial charge in [0.25, 0.3) is 0 Å². The predicted octanol–water partition coefficient (Wildman–Crippen LogP) is 5.57. The Morgan fingerprint density at radius 1 is 1.25 bits per heavy atom. The van der Waals surface area contributed by atoms with Gasteiger partial charge in [-0.15, -0.1) is 0 Å². The number of morpholine rings is 1. The first-order valence-corrected chi connectivity index (χ1v) is 13.4. The molecule has 11 heteroatoms. The standard InChI is InChI=1S/C25H27ClFN7OS/c1-4-33(3)25-31-23-22(36-25)21(16-8-7-15(26)9-18(16)27)29-24(30-23)34-11-13(2)35-19(12-34)17-10-28-32-20(17)14-5-6-14/h7-10,13-14,19H,4-6,11-12H2,1-3H3,(H,28,32)/t13-,19-/m1/s1. The summed E-state index contributed by atoms with van der Waals surface area (Å²) in [6.07, 6.45) is 4.07. The van der Waals surface area contributed by atoms with Gasteiger partial charge in [0, 0.05) is 48.4 Å². The van der Waals surface area contributed by atoms with Crippen molar-refractivity contribution in [2.45, 2.75) is 44.8 Å². The molecule has 2 fully saturated rings. The lowest BCUT2D eigenvalue weighted by molar-refractivity contribution is -0.0182. The average molecular weight is 528 g/mol. The number of hydrogen-bond donors (Lipinski definition) is 1. The van der Waals surface area contributed by atoms with Gasteiger partial charge in [0.05, 0.1) is 24.0 Å². The maximum Gasteiger partial charge on any atom is 0.228 e. The van der Waals surface area contributed by atoms with Crippen LogP contribution in [0.3, 0.4) is 0 Å². The number of nitrogens with one attached hydrogen (secondary N) is 1. The number of thiazole rings is 1. The second-order valence-corrected chi connectivity index (χ2v) is 10.9. The Morgan fingerprint density at radius 2 is 2.08 bits per heavy atom. The molecule has 4 aromatic rings. The van der Waals surface area contributed by atoms with Gasteiger partial charge in [0.1, 0.15) is 16.6 Å². The van der Waals surface area contributed by atoms with E-state index in [0.717, 1.165) is 40.5 Å². The molecular weight excluding hydrogens is 501 g/mol. The molecule has 1 aromatic carbocycles. The van der Waals surface area contributed by atoms with Gasteiger partial charge in [0.2, 0.25) is 5.95 Å². The second-order valence-electron chi connectivity index (χ2n) is 9.50. The van der Waals surface area contributed by atoms with E-state index in [9.17, 15) is 0 Å². The summed E-state index contributed by atoms with van der Waals surface area (Å²) in [6.45, 7) is 6.09. The summed E-state index contributed by atoms with van der Waals surface area (Å²) < 4.78 is 22.2. The van der Waals surface area contributed by atoms with E-state index in [1.54, 1.807) is 12.1 Å². The molecule has 2 atom stereocenters. The number of halogens is 2. The molecule has 4 heterocycles. The molecule has 0 unspecified atom stereocenters. The van der Waals surface area contributed by atoms with Gasteiger partial charge in [-0.3, -0.25) is 5.10 Å². The van der Waals surface area contributed by atoms with Crippen molar-refractivity contribution in [2.75, 3.05) is 36.5 Å². The van der Waals surface area contributed by atoms with Crippen LogP contribution in [0.1, 0.15) is 50.0 Å². The van der Waals surface area contributed by atoms with Crippen LogP contribution >= 0.6 is 22.9 Å². The number of ether oxygens (including phenoxy) is 1. The molecule has 36 heavy (non-hydrogen) atoms. The summed E-state index contributed by atoms with van der Waals surface area (Å²) in [5.41, 5.74) is 3.66. The second kappa shape index (κ2) is 9.24. The fourth-order valence-corrected chi connectivity index (χ4v) is 5.84. The molecule has 0 spiro atoms. The van der Waals surface area contributed by atoms with Crippen molar-refractivity contribution in [3.63, 3.8) is 0 Å². The molecule has 1 aliphatic heterocycles. The highest BCUT2D eigenvalue weighted by molar-refractivity contribution is 7.22. The quantitative estimate of drug-likeness (QED) is 0.351. The Labute approximate surface area is 217 Å². The summed E-state index contributed by atoms with van der Waals surface area (Å²) in [4.78, 5) is 18.7. The number of rotatable bonds is 6. The smallest absolute Gasteiger partial charge is 0.228 e. The van der Waals surface area contributed by atoms with E-state index in [1.165, 1.54) is 17.4 Å². The third-order valence-corrected chi connectivity index (χ3v) is 8.17. The van der Waals surface area contributed by atoms with Crippen LogP contribution in [-0.4, -0.2) is 57.9 Å². The summed E-state index contributed by atoms with van der Waals surface area (Å²) in [5, 5.41) is 8.68. The normalized spacial score (nSPS) is 20.3. The molecule has 8 nitrogen and oxygen atoms in total. The van der Waals surface area contributed by atoms with Gasteiger partial charge in [-0.2, -0.15) is 15.1 Å². The lowest BCUT2D eigenvalue weighted by Crippen LogP contribution is -2.43. The van der Waals surface area contributed by atoms with Crippen molar-refractivity contribution in [3.8, 4) is 11.3 Å². The van der Waals surface area contributed by atoms with Crippen molar-refractivity contribution in [3.05, 3.63) is 46.5 Å². The van der Waals surface area contributed by atoms with Gasteiger partial charge in [0.15, 0.2) is 10.8 Å². The fourth-order valence-electron chi connectivity index (χ4n) is 4.64. The van der Waals surface area contributed by atoms with Crippen LogP contribution in [0.4, 0.5) is 15.5 Å². The molecule has 1 N–H and O–H groups in total. The number of fused-ring (bicyclic) bond motifs is 1. The zero-order chi connectivity index (χ0) is 25.0. The summed E-state index contributed by atoms with van der Waals surface area (Å²) in [6, 6.07) is 4.67. The number of anilines is 2. The van der Waals surface area contributed by atoms with Crippen molar-refractivity contribution >= 4 is 44.4 Å². The van der Waals surface area contributed by atoms with Crippen LogP contribution in [0.15, 0.2) is 24.4 Å². The van der Waals surface area contributed by atoms with Crippen LogP contribution in [-0.2, 0) is 4.74 Å². The van der Waals surface area contributed by atoms with E-state index in [4.69, 9.17) is 31.3 Å². The predicted molar refractivity (Wildman–Crippen MR) is 141 cm³/mol. The Balaban J connectivity index is 1.44. The molecular formula is C25H27ClFN7OS. The van der Waals surface area contributed by atoms with E-state index < -0.39 is 5.82 Å². The van der Waals surface area contributed by atoms with Gasteiger partial charge >= 0.3 is 0 Å². The van der Waals surface area contributed by atoms with Crippen LogP contribution < -0.4 is 9.80 Å². The Hall–Kier alpha value is -2.82. The fraction of sp³-hybridized carbons (Fsp3) is 0.440. The summed E-state index contributed by atoms with van der Waals surface area (Å²) in [5.74, 6) is 0.601. The lowest BCUT2D eigenvalue weighted by atomic mass is 10.1. The molecule has 2 aliphatic rings. The first-order valence-electron chi connectivity index (χ1n) is 12.2. The zero-order valence-corrected chi connectivity index (χ0v) is 21.9. The number of nitrogens with zero attached hydrogens (tertiary/aromatic N) is 6. The summed E-state index contributed by atoms with van der Waals surface area (Å²) >= 11 is 7.51. The first kappa shape index (κ1) is 23.6. The summed E-state index contributed by atoms with van der Waals surface area (Å²) in [7, 11) is 1.98. The SMILES string of the molecule is CCN(C)c1nc2nc(N3C[C@@H](C)O[C@@H](c4c[nH]nc4C4CC4)C3)nc(-c3ccc(Cl)cc3F)c2s1. The number of hydrogen-bond acceptors (Lipinski definition) is 8. The van der Waals surface area contributed by atoms with Crippen LogP contribution in [0.2, 0.25) is 5.02 Å².